The summed E-state index contributed by atoms with van der Waals surface area (Å²) in [7, 11) is 2.06. The Kier molecular flexibility index (Phi) is 8.15. The number of likely N-dealkylation sites (N-methyl/N-ethyl adjacent to an activating group) is 1. The summed E-state index contributed by atoms with van der Waals surface area (Å²) in [5, 5.41) is 11.6. The number of aliphatic carboxylic acids is 1. The fraction of sp³-hybridized carbons (Fsp3) is 0.867. The maximum Gasteiger partial charge on any atom is 0.408 e. The lowest BCUT2D eigenvalue weighted by Gasteiger charge is -2.29. The topological polar surface area (TPSA) is 88.1 Å². The van der Waals surface area contributed by atoms with Gasteiger partial charge in [-0.05, 0) is 40.0 Å². The lowest BCUT2D eigenvalue weighted by Crippen LogP contribution is -2.44. The number of amides is 1. The highest BCUT2D eigenvalue weighted by molar-refractivity contribution is 7.99. The molecule has 0 aromatic rings. The van der Waals surface area contributed by atoms with Crippen LogP contribution in [0.25, 0.3) is 0 Å². The molecule has 1 rings (SSSR count). The van der Waals surface area contributed by atoms with Gasteiger partial charge in [0.15, 0.2) is 0 Å². The zero-order valence-corrected chi connectivity index (χ0v) is 15.1. The molecule has 0 bridgehead atoms. The van der Waals surface area contributed by atoms with E-state index in [0.717, 1.165) is 25.4 Å². The number of nitrogens with zero attached hydrogens (tertiary/aromatic N) is 1. The summed E-state index contributed by atoms with van der Waals surface area (Å²) >= 11 is 1.64. The molecule has 0 saturated carbocycles. The number of alkyl carbamates (subject to hydrolysis) is 1. The Hall–Kier alpha value is -0.990. The summed E-state index contributed by atoms with van der Waals surface area (Å²) in [6.45, 7) is 7.78. The highest BCUT2D eigenvalue weighted by atomic mass is 32.2. The number of rotatable bonds is 7. The molecule has 23 heavy (non-hydrogen) atoms. The second-order valence-electron chi connectivity index (χ2n) is 6.66. The third-order valence-corrected chi connectivity index (χ3v) is 4.32. The molecule has 1 amide bonds. The van der Waals surface area contributed by atoms with Crippen LogP contribution in [0, 0.1) is 0 Å². The molecular weight excluding hydrogens is 320 g/mol. The normalized spacial score (nSPS) is 20.8. The Labute approximate surface area is 142 Å². The lowest BCUT2D eigenvalue weighted by molar-refractivity contribution is -0.139. The molecule has 1 aliphatic heterocycles. The van der Waals surface area contributed by atoms with Crippen LogP contribution < -0.4 is 5.32 Å². The van der Waals surface area contributed by atoms with Crippen molar-refractivity contribution in [1.29, 1.82) is 0 Å². The molecular formula is C15H28N2O5S. The third kappa shape index (κ3) is 9.02. The number of carbonyl (C=O) groups excluding carboxylic acids is 1. The van der Waals surface area contributed by atoms with Gasteiger partial charge in [0.05, 0.1) is 12.7 Å². The number of carbonyl (C=O) groups is 2. The summed E-state index contributed by atoms with van der Waals surface area (Å²) in [4.78, 5) is 25.1. The second kappa shape index (κ2) is 9.34. The van der Waals surface area contributed by atoms with E-state index in [0.29, 0.717) is 12.2 Å². The molecule has 1 aliphatic rings. The van der Waals surface area contributed by atoms with Crippen LogP contribution >= 0.6 is 11.8 Å². The Morgan fingerprint density at radius 2 is 2.17 bits per heavy atom. The van der Waals surface area contributed by atoms with Crippen LogP contribution in [0.1, 0.15) is 27.2 Å². The highest BCUT2D eigenvalue weighted by Gasteiger charge is 2.24. The molecule has 2 atom stereocenters. The molecule has 1 saturated heterocycles. The van der Waals surface area contributed by atoms with E-state index in [9.17, 15) is 14.7 Å². The number of ether oxygens (including phenoxy) is 2. The molecule has 134 valence electrons. The summed E-state index contributed by atoms with van der Waals surface area (Å²) in [5.74, 6) is 0.407. The van der Waals surface area contributed by atoms with E-state index in [1.54, 1.807) is 32.5 Å². The van der Waals surface area contributed by atoms with Crippen LogP contribution in [0.2, 0.25) is 0 Å². The molecule has 2 N–H and O–H groups in total. The van der Waals surface area contributed by atoms with Crippen molar-refractivity contribution < 1.29 is 24.2 Å². The Morgan fingerprint density at radius 3 is 2.74 bits per heavy atom. The number of carboxylic acids is 1. The van der Waals surface area contributed by atoms with Crippen molar-refractivity contribution in [3.05, 3.63) is 0 Å². The van der Waals surface area contributed by atoms with Crippen molar-refractivity contribution in [2.24, 2.45) is 0 Å². The molecule has 0 spiro atoms. The fourth-order valence-electron chi connectivity index (χ4n) is 2.09. The number of thioether (sulfide) groups is 1. The predicted molar refractivity (Wildman–Crippen MR) is 90.0 cm³/mol. The van der Waals surface area contributed by atoms with E-state index in [1.165, 1.54) is 0 Å². The zero-order chi connectivity index (χ0) is 17.5. The van der Waals surface area contributed by atoms with Crippen LogP contribution in [0.4, 0.5) is 4.79 Å². The van der Waals surface area contributed by atoms with Crippen molar-refractivity contribution in [3.63, 3.8) is 0 Å². The van der Waals surface area contributed by atoms with Gasteiger partial charge in [0.1, 0.15) is 11.6 Å². The Bertz CT molecular complexity index is 400. The van der Waals surface area contributed by atoms with Crippen LogP contribution in [-0.2, 0) is 14.3 Å². The monoisotopic (exact) mass is 348 g/mol. The maximum atomic E-state index is 11.7. The van der Waals surface area contributed by atoms with Crippen molar-refractivity contribution in [2.75, 3.05) is 38.2 Å². The largest absolute Gasteiger partial charge is 0.480 e. The number of carboxylic acid groups (broad SMARTS) is 1. The van der Waals surface area contributed by atoms with Gasteiger partial charge in [-0.1, -0.05) is 0 Å². The molecule has 0 aromatic heterocycles. The maximum absolute atomic E-state index is 11.7. The van der Waals surface area contributed by atoms with Gasteiger partial charge in [-0.3, -0.25) is 0 Å². The summed E-state index contributed by atoms with van der Waals surface area (Å²) in [6.07, 6.45) is -0.171. The summed E-state index contributed by atoms with van der Waals surface area (Å²) in [5.41, 5.74) is -0.647. The van der Waals surface area contributed by atoms with E-state index < -0.39 is 23.7 Å². The third-order valence-electron chi connectivity index (χ3n) is 3.19. The zero-order valence-electron chi connectivity index (χ0n) is 14.3. The first kappa shape index (κ1) is 20.1. The standard InChI is InChI=1S/C15H28N2O5S/c1-15(2,3)22-14(20)16-12(13(18)19)5-8-23-10-11-9-17(4)6-7-21-11/h11-12H,5-10H2,1-4H3,(H,16,20)(H,18,19). The molecule has 1 heterocycles. The van der Waals surface area contributed by atoms with Gasteiger partial charge in [0, 0.05) is 18.8 Å². The van der Waals surface area contributed by atoms with E-state index >= 15 is 0 Å². The van der Waals surface area contributed by atoms with Gasteiger partial charge < -0.3 is 24.8 Å². The second-order valence-corrected chi connectivity index (χ2v) is 7.81. The molecule has 8 heteroatoms. The minimum absolute atomic E-state index is 0.181. The van der Waals surface area contributed by atoms with Gasteiger partial charge >= 0.3 is 12.1 Å². The predicted octanol–water partition coefficient (Wildman–Crippen LogP) is 1.42. The molecule has 0 aliphatic carbocycles. The van der Waals surface area contributed by atoms with Crippen molar-refractivity contribution in [1.82, 2.24) is 10.2 Å². The fourth-order valence-corrected chi connectivity index (χ4v) is 3.12. The Morgan fingerprint density at radius 1 is 1.48 bits per heavy atom. The van der Waals surface area contributed by atoms with Gasteiger partial charge in [0.2, 0.25) is 0 Å². The SMILES string of the molecule is CN1CCOC(CSCCC(NC(=O)OC(C)(C)C)C(=O)O)C1. The van der Waals surface area contributed by atoms with Crippen LogP contribution in [-0.4, -0.2) is 78.1 Å². The molecule has 0 aromatic carbocycles. The number of morpholine rings is 1. The average molecular weight is 348 g/mol. The van der Waals surface area contributed by atoms with E-state index in [4.69, 9.17) is 9.47 Å². The minimum Gasteiger partial charge on any atom is -0.480 e. The lowest BCUT2D eigenvalue weighted by atomic mass is 10.2. The van der Waals surface area contributed by atoms with E-state index in [-0.39, 0.29) is 6.10 Å². The number of hydrogen-bond donors (Lipinski definition) is 2. The molecule has 2 unspecified atom stereocenters. The van der Waals surface area contributed by atoms with E-state index in [1.807, 2.05) is 0 Å². The van der Waals surface area contributed by atoms with Crippen molar-refractivity contribution >= 4 is 23.8 Å². The van der Waals surface area contributed by atoms with Crippen LogP contribution in [0.15, 0.2) is 0 Å². The van der Waals surface area contributed by atoms with Gasteiger partial charge in [-0.15, -0.1) is 0 Å². The Balaban J connectivity index is 2.28. The quantitative estimate of drug-likeness (QED) is 0.673. The van der Waals surface area contributed by atoms with Crippen molar-refractivity contribution in [2.45, 2.75) is 44.9 Å². The molecule has 1 fully saturated rings. The van der Waals surface area contributed by atoms with E-state index in [2.05, 4.69) is 17.3 Å². The summed E-state index contributed by atoms with van der Waals surface area (Å²) in [6, 6.07) is -0.938. The molecule has 7 nitrogen and oxygen atoms in total. The number of nitrogens with one attached hydrogen (secondary N) is 1. The van der Waals surface area contributed by atoms with Gasteiger partial charge in [-0.25, -0.2) is 9.59 Å². The summed E-state index contributed by atoms with van der Waals surface area (Å²) < 4.78 is 10.7. The van der Waals surface area contributed by atoms with Gasteiger partial charge in [0.25, 0.3) is 0 Å². The first-order valence-corrected chi connectivity index (χ1v) is 8.93. The van der Waals surface area contributed by atoms with Crippen LogP contribution in [0.3, 0.4) is 0 Å². The average Bonchev–Trinajstić information content (AvgIpc) is 2.40. The first-order chi connectivity index (χ1) is 10.7. The van der Waals surface area contributed by atoms with Crippen molar-refractivity contribution in [3.8, 4) is 0 Å². The smallest absolute Gasteiger partial charge is 0.408 e. The van der Waals surface area contributed by atoms with Crippen LogP contribution in [0.5, 0.6) is 0 Å². The van der Waals surface area contributed by atoms with Gasteiger partial charge in [-0.2, -0.15) is 11.8 Å². The highest BCUT2D eigenvalue weighted by Crippen LogP contribution is 2.13. The molecule has 0 radical (unpaired) electrons. The first-order valence-electron chi connectivity index (χ1n) is 7.77. The minimum atomic E-state index is -1.05. The number of hydrogen-bond acceptors (Lipinski definition) is 6.